The molecule has 0 atom stereocenters. The molecule has 29 heavy (non-hydrogen) atoms. The van der Waals surface area contributed by atoms with Gasteiger partial charge in [-0.15, -0.1) is 0 Å². The lowest BCUT2D eigenvalue weighted by Crippen LogP contribution is -2.10. The quantitative estimate of drug-likeness (QED) is 0.333. The van der Waals surface area contributed by atoms with E-state index in [1.54, 1.807) is 0 Å². The zero-order valence-corrected chi connectivity index (χ0v) is 16.8. The number of para-hydroxylation sites is 1. The first-order valence-corrected chi connectivity index (χ1v) is 10.2. The Morgan fingerprint density at radius 2 is 1.83 bits per heavy atom. The van der Waals surface area contributed by atoms with Crippen LogP contribution in [0.3, 0.4) is 0 Å². The molecule has 0 N–H and O–H groups in total. The molecule has 4 aromatic rings. The van der Waals surface area contributed by atoms with Gasteiger partial charge in [-0.3, -0.25) is 4.98 Å². The van der Waals surface area contributed by atoms with E-state index >= 15 is 0 Å². The van der Waals surface area contributed by atoms with Gasteiger partial charge in [0.2, 0.25) is 0 Å². The van der Waals surface area contributed by atoms with Crippen molar-refractivity contribution in [2.45, 2.75) is 32.7 Å². The van der Waals surface area contributed by atoms with Crippen LogP contribution in [-0.2, 0) is 17.7 Å². The largest absolute Gasteiger partial charge is 0.367 e. The molecular formula is C25H25N3O. The molecule has 4 rings (SSSR count). The molecule has 0 radical (unpaired) electrons. The van der Waals surface area contributed by atoms with Crippen LogP contribution in [0, 0.1) is 11.8 Å². The van der Waals surface area contributed by atoms with E-state index in [1.165, 1.54) is 0 Å². The smallest absolute Gasteiger partial charge is 0.110 e. The van der Waals surface area contributed by atoms with Gasteiger partial charge in [-0.1, -0.05) is 61.6 Å². The first kappa shape index (κ1) is 19.2. The first-order valence-electron chi connectivity index (χ1n) is 10.2. The minimum absolute atomic E-state index is 0.425. The number of pyridine rings is 1. The lowest BCUT2D eigenvalue weighted by Gasteiger charge is -2.10. The summed E-state index contributed by atoms with van der Waals surface area (Å²) < 4.78 is 8.12. The minimum Gasteiger partial charge on any atom is -0.367 e. The molecule has 2 aromatic carbocycles. The van der Waals surface area contributed by atoms with Crippen LogP contribution >= 0.6 is 0 Å². The number of ether oxygens (including phenoxy) is 1. The fourth-order valence-electron chi connectivity index (χ4n) is 3.52. The lowest BCUT2D eigenvalue weighted by atomic mass is 10.2. The predicted molar refractivity (Wildman–Crippen MR) is 118 cm³/mol. The third-order valence-corrected chi connectivity index (χ3v) is 4.95. The third kappa shape index (κ3) is 4.47. The second kappa shape index (κ2) is 9.36. The molecule has 0 aliphatic carbocycles. The minimum atomic E-state index is 0.425. The number of hydrogen-bond donors (Lipinski definition) is 0. The second-order valence-corrected chi connectivity index (χ2v) is 7.01. The Bertz CT molecular complexity index is 1150. The molecule has 0 fully saturated rings. The van der Waals surface area contributed by atoms with Crippen molar-refractivity contribution in [1.82, 2.24) is 14.5 Å². The van der Waals surface area contributed by atoms with Crippen LogP contribution in [0.5, 0.6) is 0 Å². The van der Waals surface area contributed by atoms with Gasteiger partial charge in [0.15, 0.2) is 0 Å². The Morgan fingerprint density at radius 3 is 2.69 bits per heavy atom. The summed E-state index contributed by atoms with van der Waals surface area (Å²) in [4.78, 5) is 9.44. The van der Waals surface area contributed by atoms with Crippen molar-refractivity contribution in [3.63, 3.8) is 0 Å². The number of fused-ring (bicyclic) bond motifs is 3. The second-order valence-electron chi connectivity index (χ2n) is 7.01. The van der Waals surface area contributed by atoms with E-state index in [1.807, 2.05) is 48.7 Å². The highest BCUT2D eigenvalue weighted by molar-refractivity contribution is 6.02. The van der Waals surface area contributed by atoms with Crippen LogP contribution in [0.25, 0.3) is 21.9 Å². The molecule has 4 nitrogen and oxygen atoms in total. The highest BCUT2D eigenvalue weighted by Gasteiger charge is 2.13. The maximum atomic E-state index is 5.81. The van der Waals surface area contributed by atoms with Gasteiger partial charge in [0.1, 0.15) is 17.9 Å². The van der Waals surface area contributed by atoms with E-state index in [2.05, 4.69) is 40.4 Å². The highest BCUT2D eigenvalue weighted by Crippen LogP contribution is 2.25. The molecule has 0 amide bonds. The molecule has 146 valence electrons. The van der Waals surface area contributed by atoms with Gasteiger partial charge in [-0.2, -0.15) is 0 Å². The summed E-state index contributed by atoms with van der Waals surface area (Å²) in [6.45, 7) is 3.99. The van der Waals surface area contributed by atoms with Crippen LogP contribution in [0.4, 0.5) is 0 Å². The third-order valence-electron chi connectivity index (χ3n) is 4.95. The predicted octanol–water partition coefficient (Wildman–Crippen LogP) is 5.00. The molecule has 0 aliphatic rings. The molecule has 4 heteroatoms. The van der Waals surface area contributed by atoms with Crippen molar-refractivity contribution in [1.29, 1.82) is 0 Å². The van der Waals surface area contributed by atoms with Gasteiger partial charge in [0.25, 0.3) is 0 Å². The van der Waals surface area contributed by atoms with Crippen molar-refractivity contribution in [2.75, 3.05) is 13.2 Å². The highest BCUT2D eigenvalue weighted by atomic mass is 16.5. The molecule has 0 unspecified atom stereocenters. The van der Waals surface area contributed by atoms with Crippen molar-refractivity contribution in [3.05, 3.63) is 72.2 Å². The van der Waals surface area contributed by atoms with Crippen LogP contribution in [0.15, 0.2) is 60.8 Å². The molecule has 2 aromatic heterocycles. The number of imidazole rings is 1. The Kier molecular flexibility index (Phi) is 6.19. The van der Waals surface area contributed by atoms with Gasteiger partial charge in [-0.25, -0.2) is 4.98 Å². The van der Waals surface area contributed by atoms with Crippen LogP contribution < -0.4 is 0 Å². The standard InChI is InChI=1S/C25H25N3O/c1-2-3-15-24-27-23-19-26-22-14-8-7-13-21(22)25(23)28(24)16-18-29-17-9-12-20-10-5-4-6-11-20/h4-8,10-11,13-14,19H,2-3,15-18H2,1H3. The zero-order chi connectivity index (χ0) is 19.9. The molecular weight excluding hydrogens is 358 g/mol. The molecule has 2 heterocycles. The fourth-order valence-corrected chi connectivity index (χ4v) is 3.52. The maximum absolute atomic E-state index is 5.81. The SMILES string of the molecule is CCCCc1nc2cnc3ccccc3c2n1CCOCC#Cc1ccccc1. The van der Waals surface area contributed by atoms with E-state index in [9.17, 15) is 0 Å². The summed E-state index contributed by atoms with van der Waals surface area (Å²) in [5, 5.41) is 1.14. The van der Waals surface area contributed by atoms with Crippen LogP contribution in [0.2, 0.25) is 0 Å². The maximum Gasteiger partial charge on any atom is 0.110 e. The van der Waals surface area contributed by atoms with Gasteiger partial charge >= 0.3 is 0 Å². The molecule has 0 spiro atoms. The van der Waals surface area contributed by atoms with Crippen LogP contribution in [-0.4, -0.2) is 27.7 Å². The number of rotatable bonds is 7. The zero-order valence-electron chi connectivity index (χ0n) is 16.8. The summed E-state index contributed by atoms with van der Waals surface area (Å²) in [6, 6.07) is 18.2. The van der Waals surface area contributed by atoms with Crippen LogP contribution in [0.1, 0.15) is 31.2 Å². The Balaban J connectivity index is 1.52. The Morgan fingerprint density at radius 1 is 1.00 bits per heavy atom. The van der Waals surface area contributed by atoms with Gasteiger partial charge < -0.3 is 9.30 Å². The molecule has 0 bridgehead atoms. The van der Waals surface area contributed by atoms with E-state index in [0.717, 1.165) is 59.1 Å². The molecule has 0 saturated carbocycles. The van der Waals surface area contributed by atoms with Gasteiger partial charge in [-0.05, 0) is 24.6 Å². The number of aryl methyl sites for hydroxylation is 1. The van der Waals surface area contributed by atoms with E-state index in [-0.39, 0.29) is 0 Å². The molecule has 0 saturated heterocycles. The van der Waals surface area contributed by atoms with Gasteiger partial charge in [0, 0.05) is 23.9 Å². The first-order chi connectivity index (χ1) is 14.4. The normalized spacial score (nSPS) is 10.9. The van der Waals surface area contributed by atoms with E-state index < -0.39 is 0 Å². The lowest BCUT2D eigenvalue weighted by molar-refractivity contribution is 0.157. The van der Waals surface area contributed by atoms with Crippen molar-refractivity contribution >= 4 is 21.9 Å². The monoisotopic (exact) mass is 383 g/mol. The molecule has 0 aliphatic heterocycles. The topological polar surface area (TPSA) is 39.9 Å². The summed E-state index contributed by atoms with van der Waals surface area (Å²) in [5.41, 5.74) is 4.12. The van der Waals surface area contributed by atoms with E-state index in [4.69, 9.17) is 9.72 Å². The van der Waals surface area contributed by atoms with Crippen molar-refractivity contribution in [2.24, 2.45) is 0 Å². The average Bonchev–Trinajstić information content (AvgIpc) is 3.13. The average molecular weight is 383 g/mol. The van der Waals surface area contributed by atoms with Crippen molar-refractivity contribution in [3.8, 4) is 11.8 Å². The fraction of sp³-hybridized carbons (Fsp3) is 0.280. The summed E-state index contributed by atoms with van der Waals surface area (Å²) >= 11 is 0. The van der Waals surface area contributed by atoms with E-state index in [0.29, 0.717) is 13.2 Å². The van der Waals surface area contributed by atoms with Crippen molar-refractivity contribution < 1.29 is 4.74 Å². The Hall–Kier alpha value is -3.16. The number of aromatic nitrogens is 3. The number of nitrogens with zero attached hydrogens (tertiary/aromatic N) is 3. The number of benzene rings is 2. The summed E-state index contributed by atoms with van der Waals surface area (Å²) in [6.07, 6.45) is 5.12. The van der Waals surface area contributed by atoms with Gasteiger partial charge in [0.05, 0.1) is 23.8 Å². The number of unbranched alkanes of at least 4 members (excludes halogenated alkanes) is 1. The summed E-state index contributed by atoms with van der Waals surface area (Å²) in [5.74, 6) is 7.33. The number of hydrogen-bond acceptors (Lipinski definition) is 3. The summed E-state index contributed by atoms with van der Waals surface area (Å²) in [7, 11) is 0. The Labute approximate surface area is 171 Å².